The number of hydrogen-bond acceptors (Lipinski definition) is 3. The van der Waals surface area contributed by atoms with Crippen LogP contribution in [-0.2, 0) is 11.2 Å². The number of rotatable bonds is 3. The highest BCUT2D eigenvalue weighted by Gasteiger charge is 2.53. The molecule has 1 aromatic rings. The average Bonchev–Trinajstić information content (AvgIpc) is 2.92. The van der Waals surface area contributed by atoms with Gasteiger partial charge in [0.25, 0.3) is 5.91 Å². The number of carbonyl (C=O) groups excluding carboxylic acids is 1. The number of hydrogen-bond donors (Lipinski definition) is 1. The van der Waals surface area contributed by atoms with Gasteiger partial charge in [-0.05, 0) is 18.1 Å². The number of amides is 1. The van der Waals surface area contributed by atoms with Crippen molar-refractivity contribution in [2.24, 2.45) is 11.8 Å². The van der Waals surface area contributed by atoms with Gasteiger partial charge in [0.1, 0.15) is 0 Å². The van der Waals surface area contributed by atoms with Crippen LogP contribution >= 0.6 is 0 Å². The number of nitrogens with zero attached hydrogens (tertiary/aromatic N) is 2. The maximum Gasteiger partial charge on any atom is 0.394 e. The van der Waals surface area contributed by atoms with E-state index in [1.165, 1.54) is 18.5 Å². The Balaban J connectivity index is 2.27. The first kappa shape index (κ1) is 16.3. The van der Waals surface area contributed by atoms with Crippen LogP contribution in [0.2, 0.25) is 0 Å². The third kappa shape index (κ3) is 3.05. The van der Waals surface area contributed by atoms with Gasteiger partial charge in [-0.25, -0.2) is 0 Å². The van der Waals surface area contributed by atoms with Gasteiger partial charge in [0, 0.05) is 31.0 Å². The van der Waals surface area contributed by atoms with Crippen molar-refractivity contribution in [1.82, 2.24) is 9.88 Å². The fraction of sp³-hybridized carbons (Fsp3) is 0.500. The van der Waals surface area contributed by atoms with Crippen LogP contribution in [0.5, 0.6) is 0 Å². The lowest BCUT2D eigenvalue weighted by atomic mass is 9.96. The fourth-order valence-corrected chi connectivity index (χ4v) is 2.64. The minimum Gasteiger partial charge on any atom is -0.481 e. The molecule has 1 aromatic heterocycles. The van der Waals surface area contributed by atoms with Gasteiger partial charge in [-0.15, -0.1) is 0 Å². The van der Waals surface area contributed by atoms with Crippen molar-refractivity contribution in [1.29, 1.82) is 0 Å². The molecule has 1 saturated heterocycles. The summed E-state index contributed by atoms with van der Waals surface area (Å²) in [5.74, 6) is -5.79. The molecule has 0 saturated carbocycles. The van der Waals surface area contributed by atoms with Crippen molar-refractivity contribution < 1.29 is 27.9 Å². The Hall–Kier alpha value is -2.12. The van der Waals surface area contributed by atoms with Crippen LogP contribution in [0, 0.1) is 11.8 Å². The van der Waals surface area contributed by atoms with Crippen LogP contribution in [0.25, 0.3) is 0 Å². The van der Waals surface area contributed by atoms with Crippen LogP contribution in [0.4, 0.5) is 13.2 Å². The second-order valence-electron chi connectivity index (χ2n) is 5.19. The highest BCUT2D eigenvalue weighted by Crippen LogP contribution is 2.38. The standard InChI is InChI=1S/C14H15F3N2O3/c1-2-8-5-18-4-3-9(8)12(20)19-6-10(13(21)22)11(7-19)14(15,16)17/h3-5,10-11H,2,6-7H2,1H3,(H,21,22)/t10-,11-/m1/s1. The molecular formula is C14H15F3N2O3. The van der Waals surface area contributed by atoms with Crippen molar-refractivity contribution in [2.45, 2.75) is 19.5 Å². The largest absolute Gasteiger partial charge is 0.481 e. The first-order valence-electron chi connectivity index (χ1n) is 6.77. The van der Waals surface area contributed by atoms with Gasteiger partial charge in [-0.2, -0.15) is 13.2 Å². The van der Waals surface area contributed by atoms with E-state index in [9.17, 15) is 22.8 Å². The van der Waals surface area contributed by atoms with E-state index < -0.39 is 43.0 Å². The van der Waals surface area contributed by atoms with E-state index in [1.54, 1.807) is 6.92 Å². The third-order valence-corrected chi connectivity index (χ3v) is 3.86. The second-order valence-corrected chi connectivity index (χ2v) is 5.19. The van der Waals surface area contributed by atoms with Gasteiger partial charge >= 0.3 is 12.1 Å². The molecule has 22 heavy (non-hydrogen) atoms. The number of carbonyl (C=O) groups is 2. The van der Waals surface area contributed by atoms with Crippen molar-refractivity contribution in [3.8, 4) is 0 Å². The van der Waals surface area contributed by atoms with E-state index in [1.807, 2.05) is 0 Å². The van der Waals surface area contributed by atoms with Gasteiger partial charge in [0.05, 0.1) is 11.8 Å². The molecule has 1 amide bonds. The lowest BCUT2D eigenvalue weighted by molar-refractivity contribution is -0.187. The van der Waals surface area contributed by atoms with Gasteiger partial charge < -0.3 is 10.0 Å². The molecule has 2 rings (SSSR count). The molecule has 0 radical (unpaired) electrons. The summed E-state index contributed by atoms with van der Waals surface area (Å²) < 4.78 is 38.8. The van der Waals surface area contributed by atoms with Crippen molar-refractivity contribution in [2.75, 3.05) is 13.1 Å². The minimum absolute atomic E-state index is 0.268. The predicted octanol–water partition coefficient (Wildman–Crippen LogP) is 1.98. The quantitative estimate of drug-likeness (QED) is 0.925. The number of alkyl halides is 3. The number of halogens is 3. The first-order chi connectivity index (χ1) is 10.3. The smallest absolute Gasteiger partial charge is 0.394 e. The molecule has 0 bridgehead atoms. The molecular weight excluding hydrogens is 301 g/mol. The summed E-state index contributed by atoms with van der Waals surface area (Å²) in [7, 11) is 0. The summed E-state index contributed by atoms with van der Waals surface area (Å²) in [4.78, 5) is 28.3. The minimum atomic E-state index is -4.65. The van der Waals surface area contributed by atoms with E-state index in [0.717, 1.165) is 4.90 Å². The molecule has 1 fully saturated rings. The maximum atomic E-state index is 12.9. The number of aryl methyl sites for hydroxylation is 1. The number of likely N-dealkylation sites (tertiary alicyclic amines) is 1. The predicted molar refractivity (Wildman–Crippen MR) is 70.2 cm³/mol. The zero-order valence-electron chi connectivity index (χ0n) is 11.8. The van der Waals surface area contributed by atoms with E-state index in [2.05, 4.69) is 4.98 Å². The van der Waals surface area contributed by atoms with E-state index in [-0.39, 0.29) is 5.56 Å². The Morgan fingerprint density at radius 2 is 2.09 bits per heavy atom. The lowest BCUT2D eigenvalue weighted by Crippen LogP contribution is -2.34. The molecule has 0 aromatic carbocycles. The molecule has 1 aliphatic heterocycles. The van der Waals surface area contributed by atoms with E-state index >= 15 is 0 Å². The lowest BCUT2D eigenvalue weighted by Gasteiger charge is -2.19. The molecule has 0 spiro atoms. The SMILES string of the molecule is CCc1cnccc1C(=O)N1C[C@@H](C(F)(F)F)[C@H](C(=O)O)C1. The molecule has 2 atom stereocenters. The average molecular weight is 316 g/mol. The van der Waals surface area contributed by atoms with Gasteiger partial charge in [0.2, 0.25) is 0 Å². The summed E-state index contributed by atoms with van der Waals surface area (Å²) in [5.41, 5.74) is 0.888. The van der Waals surface area contributed by atoms with Crippen LogP contribution in [0.3, 0.4) is 0 Å². The van der Waals surface area contributed by atoms with Crippen LogP contribution in [0.15, 0.2) is 18.5 Å². The molecule has 0 unspecified atom stereocenters. The van der Waals surface area contributed by atoms with Crippen LogP contribution < -0.4 is 0 Å². The fourth-order valence-electron chi connectivity index (χ4n) is 2.64. The van der Waals surface area contributed by atoms with Crippen LogP contribution in [-0.4, -0.2) is 46.1 Å². The normalized spacial score (nSPS) is 21.9. The Morgan fingerprint density at radius 3 is 2.59 bits per heavy atom. The highest BCUT2D eigenvalue weighted by molar-refractivity contribution is 5.96. The molecule has 1 aliphatic rings. The van der Waals surface area contributed by atoms with Crippen molar-refractivity contribution in [3.63, 3.8) is 0 Å². The number of aromatic nitrogens is 1. The zero-order chi connectivity index (χ0) is 16.5. The van der Waals surface area contributed by atoms with Gasteiger partial charge in [-0.1, -0.05) is 6.92 Å². The van der Waals surface area contributed by atoms with Crippen molar-refractivity contribution >= 4 is 11.9 Å². The second kappa shape index (κ2) is 5.94. The molecule has 8 heteroatoms. The number of carboxylic acid groups (broad SMARTS) is 1. The number of carboxylic acids is 1. The number of aliphatic carboxylic acids is 1. The molecule has 5 nitrogen and oxygen atoms in total. The first-order valence-corrected chi connectivity index (χ1v) is 6.77. The van der Waals surface area contributed by atoms with Gasteiger partial charge in [0.15, 0.2) is 0 Å². The number of pyridine rings is 1. The molecule has 0 aliphatic carbocycles. The summed E-state index contributed by atoms with van der Waals surface area (Å²) in [5, 5.41) is 8.97. The van der Waals surface area contributed by atoms with E-state index in [0.29, 0.717) is 12.0 Å². The Morgan fingerprint density at radius 1 is 1.41 bits per heavy atom. The molecule has 120 valence electrons. The highest BCUT2D eigenvalue weighted by atomic mass is 19.4. The molecule has 1 N–H and O–H groups in total. The Labute approximate surface area is 124 Å². The molecule has 2 heterocycles. The third-order valence-electron chi connectivity index (χ3n) is 3.86. The van der Waals surface area contributed by atoms with Crippen molar-refractivity contribution in [3.05, 3.63) is 29.6 Å². The van der Waals surface area contributed by atoms with E-state index in [4.69, 9.17) is 5.11 Å². The maximum absolute atomic E-state index is 12.9. The summed E-state index contributed by atoms with van der Waals surface area (Å²) in [6.45, 7) is 0.727. The Bertz CT molecular complexity index is 589. The van der Waals surface area contributed by atoms with Gasteiger partial charge in [-0.3, -0.25) is 14.6 Å². The zero-order valence-corrected chi connectivity index (χ0v) is 11.8. The summed E-state index contributed by atoms with van der Waals surface area (Å²) in [6.07, 6.45) is -1.27. The topological polar surface area (TPSA) is 70.5 Å². The summed E-state index contributed by atoms with van der Waals surface area (Å²) in [6, 6.07) is 1.44. The summed E-state index contributed by atoms with van der Waals surface area (Å²) >= 11 is 0. The van der Waals surface area contributed by atoms with Crippen LogP contribution in [0.1, 0.15) is 22.8 Å². The monoisotopic (exact) mass is 316 g/mol. The Kier molecular flexibility index (Phi) is 4.39.